The van der Waals surface area contributed by atoms with Crippen molar-refractivity contribution >= 4 is 35.4 Å². The van der Waals surface area contributed by atoms with Gasteiger partial charge in [-0.3, -0.25) is 9.59 Å². The van der Waals surface area contributed by atoms with E-state index in [1.54, 1.807) is 0 Å². The number of fused-ring (bicyclic) bond motifs is 5. The Balaban J connectivity index is 1.35. The third-order valence-electron chi connectivity index (χ3n) is 11.5. The van der Waals surface area contributed by atoms with Crippen LogP contribution in [0, 0.1) is 28.6 Å². The van der Waals surface area contributed by atoms with E-state index >= 15 is 0 Å². The van der Waals surface area contributed by atoms with E-state index in [2.05, 4.69) is 104 Å². The molecule has 4 aliphatic carbocycles. The zero-order chi connectivity index (χ0) is 28.1. The normalized spacial score (nSPS) is 31.1. The van der Waals surface area contributed by atoms with Crippen LogP contribution in [0.2, 0.25) is 0 Å². The summed E-state index contributed by atoms with van der Waals surface area (Å²) in [5.41, 5.74) is 0.996. The maximum atomic E-state index is 13.1. The lowest BCUT2D eigenvalue weighted by Gasteiger charge is -2.57. The Kier molecular flexibility index (Phi) is 6.75. The fourth-order valence-corrected chi connectivity index (χ4v) is 13.3. The standard InChI is InChI=1S/C37H40O3Si/c1-36-23-22-34-32(33(36)19-20-35(36)39)18-17-27-25-28(38)21-24-37(27,34)26-40-41(29-11-5-2-6-12-29,30-13-7-3-8-14-30)31-15-9-4-10-16-31/h2-17,32-34H,18-26H2,1H3/t32-,33-,34+,36-,37+/m0/s1. The summed E-state index contributed by atoms with van der Waals surface area (Å²) >= 11 is 0. The molecule has 3 fully saturated rings. The first kappa shape index (κ1) is 26.8. The zero-order valence-electron chi connectivity index (χ0n) is 24.1. The van der Waals surface area contributed by atoms with Crippen molar-refractivity contribution in [2.45, 2.75) is 58.3 Å². The highest BCUT2D eigenvalue weighted by atomic mass is 28.4. The molecule has 0 saturated heterocycles. The number of carbonyl (C=O) groups excluding carboxylic acids is 2. The van der Waals surface area contributed by atoms with Gasteiger partial charge in [-0.05, 0) is 65.4 Å². The predicted molar refractivity (Wildman–Crippen MR) is 166 cm³/mol. The van der Waals surface area contributed by atoms with Crippen LogP contribution >= 0.6 is 0 Å². The molecule has 0 bridgehead atoms. The molecule has 5 atom stereocenters. The van der Waals surface area contributed by atoms with E-state index in [1.165, 1.54) is 21.1 Å². The first-order valence-electron chi connectivity index (χ1n) is 15.5. The molecule has 7 rings (SSSR count). The second kappa shape index (κ2) is 10.3. The molecule has 0 unspecified atom stereocenters. The van der Waals surface area contributed by atoms with Crippen molar-refractivity contribution in [2.24, 2.45) is 28.6 Å². The third-order valence-corrected chi connectivity index (χ3v) is 15.5. The molecule has 0 heterocycles. The van der Waals surface area contributed by atoms with Crippen molar-refractivity contribution in [1.29, 1.82) is 0 Å². The summed E-state index contributed by atoms with van der Waals surface area (Å²) in [6.45, 7) is 2.86. The number of Topliss-reactive ketones (excluding diaryl/α,β-unsaturated/α-hetero) is 2. The Labute approximate surface area is 245 Å². The first-order chi connectivity index (χ1) is 20.0. The topological polar surface area (TPSA) is 43.4 Å². The molecule has 210 valence electrons. The fourth-order valence-electron chi connectivity index (χ4n) is 9.33. The zero-order valence-corrected chi connectivity index (χ0v) is 25.1. The van der Waals surface area contributed by atoms with E-state index in [1.807, 2.05) is 0 Å². The third kappa shape index (κ3) is 4.17. The SMILES string of the molecule is C[C@]12CC[C@@H]3[C@@H](CC=C4CC(=O)CC[C@@]43CO[Si](c3ccccc3)(c3ccccc3)c3ccccc3)[C@@H]1CCC2=O. The summed E-state index contributed by atoms with van der Waals surface area (Å²) in [5, 5.41) is 3.74. The van der Waals surface area contributed by atoms with E-state index in [0.29, 0.717) is 48.8 Å². The van der Waals surface area contributed by atoms with Crippen LogP contribution in [0.1, 0.15) is 58.3 Å². The lowest BCUT2D eigenvalue weighted by atomic mass is 9.48. The second-order valence-electron chi connectivity index (χ2n) is 13.2. The average molecular weight is 561 g/mol. The molecule has 0 N–H and O–H groups in total. The Bertz CT molecular complexity index is 1370. The van der Waals surface area contributed by atoms with Gasteiger partial charge >= 0.3 is 0 Å². The minimum absolute atomic E-state index is 0.152. The summed E-state index contributed by atoms with van der Waals surface area (Å²) in [5.74, 6) is 2.22. The van der Waals surface area contributed by atoms with Gasteiger partial charge in [0.05, 0.1) is 0 Å². The minimum atomic E-state index is -2.88. The first-order valence-corrected chi connectivity index (χ1v) is 17.4. The molecular formula is C37H40O3Si. The van der Waals surface area contributed by atoms with Crippen molar-refractivity contribution in [2.75, 3.05) is 6.61 Å². The van der Waals surface area contributed by atoms with E-state index < -0.39 is 8.32 Å². The molecule has 0 spiro atoms. The highest BCUT2D eigenvalue weighted by molar-refractivity contribution is 7.07. The molecule has 41 heavy (non-hydrogen) atoms. The summed E-state index contributed by atoms with van der Waals surface area (Å²) in [6, 6.07) is 32.5. The van der Waals surface area contributed by atoms with Gasteiger partial charge in [-0.25, -0.2) is 0 Å². The van der Waals surface area contributed by atoms with Crippen LogP contribution < -0.4 is 15.6 Å². The van der Waals surface area contributed by atoms with Gasteiger partial charge in [0.1, 0.15) is 11.6 Å². The summed E-state index contributed by atoms with van der Waals surface area (Å²) in [4.78, 5) is 25.9. The van der Waals surface area contributed by atoms with Gasteiger partial charge in [0.25, 0.3) is 8.32 Å². The number of hydrogen-bond acceptors (Lipinski definition) is 3. The van der Waals surface area contributed by atoms with Crippen LogP contribution in [-0.4, -0.2) is 26.5 Å². The maximum Gasteiger partial charge on any atom is 0.288 e. The lowest BCUT2D eigenvalue weighted by Crippen LogP contribution is -2.70. The van der Waals surface area contributed by atoms with Gasteiger partial charge in [0, 0.05) is 36.7 Å². The lowest BCUT2D eigenvalue weighted by molar-refractivity contribution is -0.133. The quantitative estimate of drug-likeness (QED) is 0.219. The number of hydrogen-bond donors (Lipinski definition) is 0. The van der Waals surface area contributed by atoms with E-state index in [-0.39, 0.29) is 10.8 Å². The van der Waals surface area contributed by atoms with Crippen LogP contribution in [0.5, 0.6) is 0 Å². The van der Waals surface area contributed by atoms with Gasteiger partial charge in [-0.1, -0.05) is 110 Å². The van der Waals surface area contributed by atoms with E-state index in [0.717, 1.165) is 38.5 Å². The van der Waals surface area contributed by atoms with Crippen LogP contribution in [0.15, 0.2) is 103 Å². The van der Waals surface area contributed by atoms with Gasteiger partial charge < -0.3 is 4.43 Å². The van der Waals surface area contributed by atoms with Crippen LogP contribution in [-0.2, 0) is 14.0 Å². The van der Waals surface area contributed by atoms with Gasteiger partial charge in [0.2, 0.25) is 0 Å². The monoisotopic (exact) mass is 560 g/mol. The van der Waals surface area contributed by atoms with Crippen LogP contribution in [0.4, 0.5) is 0 Å². The number of rotatable bonds is 6. The van der Waals surface area contributed by atoms with Gasteiger partial charge in [0.15, 0.2) is 0 Å². The van der Waals surface area contributed by atoms with Crippen molar-refractivity contribution in [3.63, 3.8) is 0 Å². The van der Waals surface area contributed by atoms with E-state index in [4.69, 9.17) is 4.43 Å². The molecule has 3 aromatic rings. The molecule has 4 heteroatoms. The smallest absolute Gasteiger partial charge is 0.288 e. The Morgan fingerprint density at radius 1 is 0.756 bits per heavy atom. The van der Waals surface area contributed by atoms with Crippen molar-refractivity contribution in [3.05, 3.63) is 103 Å². The molecule has 3 aromatic carbocycles. The van der Waals surface area contributed by atoms with Crippen molar-refractivity contribution < 1.29 is 14.0 Å². The molecule has 0 radical (unpaired) electrons. The largest absolute Gasteiger partial charge is 0.403 e. The van der Waals surface area contributed by atoms with Gasteiger partial charge in [-0.15, -0.1) is 0 Å². The van der Waals surface area contributed by atoms with Crippen LogP contribution in [0.25, 0.3) is 0 Å². The average Bonchev–Trinajstić information content (AvgIpc) is 3.33. The fraction of sp³-hybridized carbons (Fsp3) is 0.405. The highest BCUT2D eigenvalue weighted by Crippen LogP contribution is 2.64. The van der Waals surface area contributed by atoms with Gasteiger partial charge in [-0.2, -0.15) is 0 Å². The number of benzene rings is 3. The molecule has 0 amide bonds. The molecule has 0 aromatic heterocycles. The van der Waals surface area contributed by atoms with Crippen molar-refractivity contribution in [1.82, 2.24) is 0 Å². The van der Waals surface area contributed by atoms with E-state index in [9.17, 15) is 9.59 Å². The predicted octanol–water partition coefficient (Wildman–Crippen LogP) is 5.75. The Morgan fingerprint density at radius 3 is 1.93 bits per heavy atom. The maximum absolute atomic E-state index is 13.1. The second-order valence-corrected chi connectivity index (χ2v) is 16.6. The minimum Gasteiger partial charge on any atom is -0.403 e. The van der Waals surface area contributed by atoms with Crippen LogP contribution in [0.3, 0.4) is 0 Å². The summed E-state index contributed by atoms with van der Waals surface area (Å²) < 4.78 is 7.65. The molecule has 3 saturated carbocycles. The Hall–Kier alpha value is -3.08. The molecular weight excluding hydrogens is 520 g/mol. The summed E-state index contributed by atoms with van der Waals surface area (Å²) in [6.07, 6.45) is 9.23. The summed E-state index contributed by atoms with van der Waals surface area (Å²) in [7, 11) is -2.88. The van der Waals surface area contributed by atoms with Crippen molar-refractivity contribution in [3.8, 4) is 0 Å². The highest BCUT2D eigenvalue weighted by Gasteiger charge is 2.60. The molecule has 4 aliphatic rings. The Morgan fingerprint density at radius 2 is 1.34 bits per heavy atom. The number of ketones is 2. The number of allylic oxidation sites excluding steroid dienone is 1. The number of carbonyl (C=O) groups is 2. The molecule has 0 aliphatic heterocycles. The molecule has 3 nitrogen and oxygen atoms in total.